The summed E-state index contributed by atoms with van der Waals surface area (Å²) in [6.45, 7) is 4.03. The summed E-state index contributed by atoms with van der Waals surface area (Å²) < 4.78 is 26.4. The summed E-state index contributed by atoms with van der Waals surface area (Å²) in [5.74, 6) is -0.972. The molecule has 1 fully saturated rings. The summed E-state index contributed by atoms with van der Waals surface area (Å²) in [5, 5.41) is 8.67. The lowest BCUT2D eigenvalue weighted by atomic mass is 10.2. The molecule has 1 aromatic rings. The van der Waals surface area contributed by atoms with Crippen LogP contribution in [0.1, 0.15) is 16.8 Å². The minimum absolute atomic E-state index is 0.0560. The molecule has 1 aromatic carbocycles. The zero-order valence-electron chi connectivity index (χ0n) is 9.89. The number of carboxylic acids is 1. The Morgan fingerprint density at radius 3 is 2.63 bits per heavy atom. The van der Waals surface area contributed by atoms with E-state index in [0.717, 1.165) is 18.1 Å². The van der Waals surface area contributed by atoms with Crippen LogP contribution in [-0.4, -0.2) is 26.0 Å². The molecule has 0 amide bonds. The van der Waals surface area contributed by atoms with Gasteiger partial charge in [0.15, 0.2) is 0 Å². The van der Waals surface area contributed by atoms with Crippen molar-refractivity contribution in [2.24, 2.45) is 5.92 Å². The van der Waals surface area contributed by atoms with E-state index in [-0.39, 0.29) is 27.9 Å². The van der Waals surface area contributed by atoms with Gasteiger partial charge in [0.1, 0.15) is 4.90 Å². The second kappa shape index (κ2) is 4.96. The predicted molar refractivity (Wildman–Crippen MR) is 70.8 cm³/mol. The highest BCUT2D eigenvalue weighted by Crippen LogP contribution is 2.35. The number of nitrogens with one attached hydrogen (secondary N) is 1. The minimum atomic E-state index is -3.73. The van der Waals surface area contributed by atoms with Crippen molar-refractivity contribution in [3.05, 3.63) is 40.9 Å². The van der Waals surface area contributed by atoms with Crippen LogP contribution >= 0.6 is 11.6 Å². The van der Waals surface area contributed by atoms with Gasteiger partial charge in [0.05, 0.1) is 10.6 Å². The number of benzene rings is 1. The number of carboxylic acid groups (broad SMARTS) is 1. The number of hydrogen-bond acceptors (Lipinski definition) is 3. The quantitative estimate of drug-likeness (QED) is 0.814. The van der Waals surface area contributed by atoms with E-state index in [0.29, 0.717) is 0 Å². The number of aromatic carboxylic acids is 1. The Kier molecular flexibility index (Phi) is 3.66. The molecule has 0 spiro atoms. The van der Waals surface area contributed by atoms with Crippen molar-refractivity contribution < 1.29 is 18.3 Å². The number of halogens is 1. The summed E-state index contributed by atoms with van der Waals surface area (Å²) in [5.41, 5.74) is 0.967. The summed E-state index contributed by atoms with van der Waals surface area (Å²) in [7, 11) is -3.73. The highest BCUT2D eigenvalue weighted by atomic mass is 35.5. The normalized spacial score (nSPS) is 18.4. The molecule has 1 aliphatic rings. The van der Waals surface area contributed by atoms with Crippen molar-refractivity contribution in [3.8, 4) is 0 Å². The summed E-state index contributed by atoms with van der Waals surface area (Å²) >= 11 is 5.82. The maximum Gasteiger partial charge on any atom is 0.335 e. The molecular formula is C12H12ClNO4S. The third-order valence-electron chi connectivity index (χ3n) is 2.91. The number of rotatable bonds is 5. The Hall–Kier alpha value is -1.37. The zero-order valence-corrected chi connectivity index (χ0v) is 11.5. The van der Waals surface area contributed by atoms with Gasteiger partial charge in [0.25, 0.3) is 0 Å². The Balaban J connectivity index is 2.20. The molecule has 1 aliphatic carbocycles. The Morgan fingerprint density at radius 1 is 1.53 bits per heavy atom. The van der Waals surface area contributed by atoms with E-state index < -0.39 is 16.0 Å². The zero-order chi connectivity index (χ0) is 14.2. The topological polar surface area (TPSA) is 83.5 Å². The van der Waals surface area contributed by atoms with E-state index in [2.05, 4.69) is 11.3 Å². The van der Waals surface area contributed by atoms with Crippen LogP contribution in [0.3, 0.4) is 0 Å². The lowest BCUT2D eigenvalue weighted by Crippen LogP contribution is -2.26. The lowest BCUT2D eigenvalue weighted by Gasteiger charge is -2.08. The van der Waals surface area contributed by atoms with E-state index in [4.69, 9.17) is 16.7 Å². The average molecular weight is 302 g/mol. The molecule has 102 valence electrons. The molecule has 7 heteroatoms. The monoisotopic (exact) mass is 301 g/mol. The molecule has 19 heavy (non-hydrogen) atoms. The van der Waals surface area contributed by atoms with Crippen LogP contribution in [-0.2, 0) is 10.0 Å². The summed E-state index contributed by atoms with van der Waals surface area (Å²) in [6, 6.07) is 3.52. The number of hydrogen-bond donors (Lipinski definition) is 2. The average Bonchev–Trinajstić information content (AvgIpc) is 3.02. The molecule has 1 saturated carbocycles. The second-order valence-corrected chi connectivity index (χ2v) is 6.50. The fraction of sp³-hybridized carbons (Fsp3) is 0.250. The highest BCUT2D eigenvalue weighted by molar-refractivity contribution is 7.89. The predicted octanol–water partition coefficient (Wildman–Crippen LogP) is 1.89. The van der Waals surface area contributed by atoms with Crippen LogP contribution in [0.15, 0.2) is 35.2 Å². The first kappa shape index (κ1) is 14.0. The first-order valence-corrected chi connectivity index (χ1v) is 7.37. The van der Waals surface area contributed by atoms with E-state index in [1.54, 1.807) is 0 Å². The maximum absolute atomic E-state index is 12.0. The third kappa shape index (κ3) is 3.15. The Morgan fingerprint density at radius 2 is 2.16 bits per heavy atom. The summed E-state index contributed by atoms with van der Waals surface area (Å²) in [6.07, 6.45) is 0.828. The van der Waals surface area contributed by atoms with Gasteiger partial charge in [-0.2, -0.15) is 0 Å². The molecule has 2 N–H and O–H groups in total. The van der Waals surface area contributed by atoms with Gasteiger partial charge >= 0.3 is 5.97 Å². The first-order chi connectivity index (χ1) is 8.81. The van der Waals surface area contributed by atoms with E-state index in [1.165, 1.54) is 12.1 Å². The third-order valence-corrected chi connectivity index (χ3v) is 4.82. The van der Waals surface area contributed by atoms with Crippen LogP contribution in [0.4, 0.5) is 0 Å². The summed E-state index contributed by atoms with van der Waals surface area (Å²) in [4.78, 5) is 10.6. The molecule has 0 heterocycles. The fourth-order valence-corrected chi connectivity index (χ4v) is 3.24. The SMILES string of the molecule is C=C1CC1CNS(=O)(=O)c1ccc(C(=O)O)cc1Cl. The van der Waals surface area contributed by atoms with Crippen molar-refractivity contribution >= 4 is 27.6 Å². The van der Waals surface area contributed by atoms with Gasteiger partial charge in [0, 0.05) is 6.54 Å². The lowest BCUT2D eigenvalue weighted by molar-refractivity contribution is 0.0696. The van der Waals surface area contributed by atoms with Gasteiger partial charge in [-0.25, -0.2) is 17.9 Å². The van der Waals surface area contributed by atoms with Gasteiger partial charge in [-0.05, 0) is 30.5 Å². The Bertz CT molecular complexity index is 654. The van der Waals surface area contributed by atoms with Crippen molar-refractivity contribution in [2.75, 3.05) is 6.54 Å². The number of carbonyl (C=O) groups is 1. The van der Waals surface area contributed by atoms with Crippen molar-refractivity contribution in [2.45, 2.75) is 11.3 Å². The number of sulfonamides is 1. The molecule has 5 nitrogen and oxygen atoms in total. The van der Waals surface area contributed by atoms with Crippen molar-refractivity contribution in [1.29, 1.82) is 0 Å². The van der Waals surface area contributed by atoms with Gasteiger partial charge in [0.2, 0.25) is 10.0 Å². The van der Waals surface area contributed by atoms with Crippen LogP contribution in [0.2, 0.25) is 5.02 Å². The second-order valence-electron chi connectivity index (χ2n) is 4.36. The largest absolute Gasteiger partial charge is 0.478 e. The molecule has 0 bridgehead atoms. The van der Waals surface area contributed by atoms with Gasteiger partial charge in [-0.1, -0.05) is 23.8 Å². The van der Waals surface area contributed by atoms with Crippen LogP contribution < -0.4 is 4.72 Å². The van der Waals surface area contributed by atoms with E-state index in [9.17, 15) is 13.2 Å². The molecule has 1 atom stereocenters. The minimum Gasteiger partial charge on any atom is -0.478 e. The van der Waals surface area contributed by atoms with Crippen LogP contribution in [0.5, 0.6) is 0 Å². The van der Waals surface area contributed by atoms with Gasteiger partial charge in [-0.3, -0.25) is 0 Å². The van der Waals surface area contributed by atoms with Crippen molar-refractivity contribution in [1.82, 2.24) is 4.72 Å². The Labute approximate surface area is 115 Å². The first-order valence-electron chi connectivity index (χ1n) is 5.51. The van der Waals surface area contributed by atoms with Crippen LogP contribution in [0, 0.1) is 5.92 Å². The molecule has 0 saturated heterocycles. The maximum atomic E-state index is 12.0. The van der Waals surface area contributed by atoms with Crippen LogP contribution in [0.25, 0.3) is 0 Å². The molecule has 1 unspecified atom stereocenters. The molecule has 0 aromatic heterocycles. The fourth-order valence-electron chi connectivity index (χ4n) is 1.61. The standard InChI is InChI=1S/C12H12ClNO4S/c1-7-4-9(7)6-14-19(17,18)11-3-2-8(12(15)16)5-10(11)13/h2-3,5,9,14H,1,4,6H2,(H,15,16). The van der Waals surface area contributed by atoms with E-state index >= 15 is 0 Å². The van der Waals surface area contributed by atoms with E-state index in [1.807, 2.05) is 0 Å². The smallest absolute Gasteiger partial charge is 0.335 e. The van der Waals surface area contributed by atoms with Gasteiger partial charge < -0.3 is 5.11 Å². The molecule has 0 radical (unpaired) electrons. The van der Waals surface area contributed by atoms with Gasteiger partial charge in [-0.15, -0.1) is 0 Å². The molecule has 2 rings (SSSR count). The highest BCUT2D eigenvalue weighted by Gasteiger charge is 2.29. The molecular weight excluding hydrogens is 290 g/mol. The molecule has 0 aliphatic heterocycles. The van der Waals surface area contributed by atoms with Crippen molar-refractivity contribution in [3.63, 3.8) is 0 Å².